The SMILES string of the molecule is O=C(c1ccc(Br)cn1)N1CCCC1c1ccncc1. The molecule has 0 spiro atoms. The summed E-state index contributed by atoms with van der Waals surface area (Å²) in [5.74, 6) is -0.00295. The molecule has 20 heavy (non-hydrogen) atoms. The van der Waals surface area contributed by atoms with Gasteiger partial charge in [0.05, 0.1) is 6.04 Å². The third kappa shape index (κ3) is 2.58. The van der Waals surface area contributed by atoms with Crippen molar-refractivity contribution in [3.05, 3.63) is 58.6 Å². The summed E-state index contributed by atoms with van der Waals surface area (Å²) in [4.78, 5) is 22.7. The van der Waals surface area contributed by atoms with Gasteiger partial charge in [0.25, 0.3) is 5.91 Å². The van der Waals surface area contributed by atoms with E-state index in [9.17, 15) is 4.79 Å². The fraction of sp³-hybridized carbons (Fsp3) is 0.267. The molecule has 0 bridgehead atoms. The molecule has 0 radical (unpaired) electrons. The molecule has 1 fully saturated rings. The van der Waals surface area contributed by atoms with Gasteiger partial charge < -0.3 is 4.90 Å². The predicted octanol–water partition coefficient (Wildman–Crippen LogP) is 3.22. The number of pyridine rings is 2. The third-order valence-electron chi connectivity index (χ3n) is 3.55. The average molecular weight is 332 g/mol. The fourth-order valence-corrected chi connectivity index (χ4v) is 2.83. The highest BCUT2D eigenvalue weighted by Crippen LogP contribution is 2.32. The van der Waals surface area contributed by atoms with E-state index in [4.69, 9.17) is 0 Å². The molecule has 1 atom stereocenters. The maximum absolute atomic E-state index is 12.6. The van der Waals surface area contributed by atoms with Crippen molar-refractivity contribution in [3.63, 3.8) is 0 Å². The smallest absolute Gasteiger partial charge is 0.272 e. The van der Waals surface area contributed by atoms with Crippen molar-refractivity contribution in [1.82, 2.24) is 14.9 Å². The lowest BCUT2D eigenvalue weighted by Crippen LogP contribution is -2.31. The lowest BCUT2D eigenvalue weighted by Gasteiger charge is -2.24. The second-order valence-corrected chi connectivity index (χ2v) is 5.71. The minimum atomic E-state index is -0.00295. The third-order valence-corrected chi connectivity index (χ3v) is 4.02. The van der Waals surface area contributed by atoms with Crippen LogP contribution >= 0.6 is 15.9 Å². The average Bonchev–Trinajstić information content (AvgIpc) is 2.97. The number of likely N-dealkylation sites (tertiary alicyclic amines) is 1. The van der Waals surface area contributed by atoms with Crippen LogP contribution in [0.4, 0.5) is 0 Å². The molecular weight excluding hydrogens is 318 g/mol. The first-order valence-corrected chi connectivity index (χ1v) is 7.37. The molecule has 2 aromatic rings. The Morgan fingerprint density at radius 1 is 1.25 bits per heavy atom. The molecule has 5 heteroatoms. The van der Waals surface area contributed by atoms with Crippen LogP contribution in [0.15, 0.2) is 47.3 Å². The Bertz CT molecular complexity index is 600. The van der Waals surface area contributed by atoms with Gasteiger partial charge >= 0.3 is 0 Å². The van der Waals surface area contributed by atoms with Gasteiger partial charge in [-0.1, -0.05) is 0 Å². The molecule has 1 amide bonds. The summed E-state index contributed by atoms with van der Waals surface area (Å²) in [5, 5.41) is 0. The van der Waals surface area contributed by atoms with E-state index < -0.39 is 0 Å². The number of aromatic nitrogens is 2. The van der Waals surface area contributed by atoms with Crippen molar-refractivity contribution in [1.29, 1.82) is 0 Å². The zero-order valence-electron chi connectivity index (χ0n) is 10.9. The molecule has 3 rings (SSSR count). The van der Waals surface area contributed by atoms with Crippen LogP contribution in [0.25, 0.3) is 0 Å². The fourth-order valence-electron chi connectivity index (χ4n) is 2.59. The van der Waals surface area contributed by atoms with E-state index in [1.54, 1.807) is 24.7 Å². The molecule has 1 aliphatic rings. The highest BCUT2D eigenvalue weighted by atomic mass is 79.9. The van der Waals surface area contributed by atoms with Crippen LogP contribution < -0.4 is 0 Å². The Morgan fingerprint density at radius 3 is 2.75 bits per heavy atom. The molecule has 0 aliphatic carbocycles. The van der Waals surface area contributed by atoms with Gasteiger partial charge in [-0.05, 0) is 58.6 Å². The summed E-state index contributed by atoms with van der Waals surface area (Å²) in [6, 6.07) is 7.69. The topological polar surface area (TPSA) is 46.1 Å². The van der Waals surface area contributed by atoms with Gasteiger partial charge in [0, 0.05) is 29.6 Å². The van der Waals surface area contributed by atoms with Crippen LogP contribution in [0.3, 0.4) is 0 Å². The molecule has 2 aromatic heterocycles. The minimum absolute atomic E-state index is 0.00295. The number of halogens is 1. The van der Waals surface area contributed by atoms with Crippen molar-refractivity contribution in [2.45, 2.75) is 18.9 Å². The predicted molar refractivity (Wildman–Crippen MR) is 79.2 cm³/mol. The van der Waals surface area contributed by atoms with Crippen molar-refractivity contribution >= 4 is 21.8 Å². The Labute approximate surface area is 126 Å². The maximum Gasteiger partial charge on any atom is 0.272 e. The van der Waals surface area contributed by atoms with Crippen LogP contribution in [-0.2, 0) is 0 Å². The number of carbonyl (C=O) groups excluding carboxylic acids is 1. The van der Waals surface area contributed by atoms with Gasteiger partial charge in [0.15, 0.2) is 0 Å². The molecule has 0 aromatic carbocycles. The van der Waals surface area contributed by atoms with Gasteiger partial charge in [-0.2, -0.15) is 0 Å². The van der Waals surface area contributed by atoms with Gasteiger partial charge in [0.1, 0.15) is 5.69 Å². The summed E-state index contributed by atoms with van der Waals surface area (Å²) < 4.78 is 0.876. The second kappa shape index (κ2) is 5.71. The van der Waals surface area contributed by atoms with E-state index in [-0.39, 0.29) is 11.9 Å². The number of hydrogen-bond donors (Lipinski definition) is 0. The first-order chi connectivity index (χ1) is 9.75. The van der Waals surface area contributed by atoms with E-state index in [1.807, 2.05) is 23.1 Å². The molecule has 1 unspecified atom stereocenters. The summed E-state index contributed by atoms with van der Waals surface area (Å²) >= 11 is 3.33. The summed E-state index contributed by atoms with van der Waals surface area (Å²) in [6.45, 7) is 0.781. The van der Waals surface area contributed by atoms with Crippen LogP contribution in [0.1, 0.15) is 34.9 Å². The number of rotatable bonds is 2. The molecule has 3 heterocycles. The lowest BCUT2D eigenvalue weighted by atomic mass is 10.1. The Hall–Kier alpha value is -1.75. The van der Waals surface area contributed by atoms with Crippen molar-refractivity contribution < 1.29 is 4.79 Å². The van der Waals surface area contributed by atoms with Gasteiger partial charge in [-0.15, -0.1) is 0 Å². The Balaban J connectivity index is 1.85. The molecule has 4 nitrogen and oxygen atoms in total. The standard InChI is InChI=1S/C15H14BrN3O/c16-12-3-4-13(18-10-12)15(20)19-9-1-2-14(19)11-5-7-17-8-6-11/h3-8,10,14H,1-2,9H2. The lowest BCUT2D eigenvalue weighted by molar-refractivity contribution is 0.0729. The normalized spacial score (nSPS) is 18.2. The largest absolute Gasteiger partial charge is 0.330 e. The molecule has 1 aliphatic heterocycles. The highest BCUT2D eigenvalue weighted by Gasteiger charge is 2.30. The molecule has 0 saturated carbocycles. The first-order valence-electron chi connectivity index (χ1n) is 6.58. The first kappa shape index (κ1) is 13.2. The van der Waals surface area contributed by atoms with Crippen molar-refractivity contribution in [2.24, 2.45) is 0 Å². The maximum atomic E-state index is 12.6. The molecule has 0 N–H and O–H groups in total. The van der Waals surface area contributed by atoms with Crippen LogP contribution in [-0.4, -0.2) is 27.3 Å². The Kier molecular flexibility index (Phi) is 3.78. The quantitative estimate of drug-likeness (QED) is 0.848. The highest BCUT2D eigenvalue weighted by molar-refractivity contribution is 9.10. The van der Waals surface area contributed by atoms with Crippen LogP contribution in [0, 0.1) is 0 Å². The van der Waals surface area contributed by atoms with E-state index in [2.05, 4.69) is 25.9 Å². The number of carbonyl (C=O) groups is 1. The number of amides is 1. The minimum Gasteiger partial charge on any atom is -0.330 e. The zero-order chi connectivity index (χ0) is 13.9. The molecule has 1 saturated heterocycles. The monoisotopic (exact) mass is 331 g/mol. The van der Waals surface area contributed by atoms with E-state index in [0.717, 1.165) is 29.4 Å². The van der Waals surface area contributed by atoms with E-state index >= 15 is 0 Å². The van der Waals surface area contributed by atoms with Crippen molar-refractivity contribution in [3.8, 4) is 0 Å². The van der Waals surface area contributed by atoms with Gasteiger partial charge in [0.2, 0.25) is 0 Å². The van der Waals surface area contributed by atoms with Gasteiger partial charge in [-0.3, -0.25) is 9.78 Å². The molecular formula is C15H14BrN3O. The van der Waals surface area contributed by atoms with Crippen LogP contribution in [0.2, 0.25) is 0 Å². The molecule has 102 valence electrons. The van der Waals surface area contributed by atoms with Crippen molar-refractivity contribution in [2.75, 3.05) is 6.54 Å². The van der Waals surface area contributed by atoms with Crippen LogP contribution in [0.5, 0.6) is 0 Å². The van der Waals surface area contributed by atoms with E-state index in [1.165, 1.54) is 0 Å². The summed E-state index contributed by atoms with van der Waals surface area (Å²) in [5.41, 5.74) is 1.64. The number of hydrogen-bond acceptors (Lipinski definition) is 3. The zero-order valence-corrected chi connectivity index (χ0v) is 12.5. The summed E-state index contributed by atoms with van der Waals surface area (Å²) in [6.07, 6.45) is 7.22. The summed E-state index contributed by atoms with van der Waals surface area (Å²) in [7, 11) is 0. The van der Waals surface area contributed by atoms with Gasteiger partial charge in [-0.25, -0.2) is 4.98 Å². The number of nitrogens with zero attached hydrogens (tertiary/aromatic N) is 3. The van der Waals surface area contributed by atoms with E-state index in [0.29, 0.717) is 5.69 Å². The second-order valence-electron chi connectivity index (χ2n) is 4.80. The Morgan fingerprint density at radius 2 is 2.05 bits per heavy atom.